The molecule has 0 aromatic heterocycles. The van der Waals surface area contributed by atoms with E-state index in [0.717, 1.165) is 10.2 Å². The number of nitrogens with one attached hydrogen (secondary N) is 1. The predicted molar refractivity (Wildman–Crippen MR) is 81.1 cm³/mol. The van der Waals surface area contributed by atoms with Crippen molar-refractivity contribution >= 4 is 21.8 Å². The van der Waals surface area contributed by atoms with Crippen molar-refractivity contribution in [3.8, 4) is 11.5 Å². The molecule has 0 fully saturated rings. The molecule has 0 amide bonds. The van der Waals surface area contributed by atoms with Gasteiger partial charge < -0.3 is 10.5 Å². The van der Waals surface area contributed by atoms with Crippen molar-refractivity contribution < 1.29 is 4.74 Å². The van der Waals surface area contributed by atoms with Gasteiger partial charge in [-0.05, 0) is 55.3 Å². The normalized spacial score (nSPS) is 10.3. The Morgan fingerprint density at radius 1 is 1.11 bits per heavy atom. The highest BCUT2D eigenvalue weighted by atomic mass is 79.9. The second-order valence-electron chi connectivity index (χ2n) is 4.40. The van der Waals surface area contributed by atoms with Crippen LogP contribution < -0.4 is 10.5 Å². The Morgan fingerprint density at radius 2 is 1.84 bits per heavy atom. The summed E-state index contributed by atoms with van der Waals surface area (Å²) in [7, 11) is 0. The van der Waals surface area contributed by atoms with Crippen molar-refractivity contribution in [3.05, 3.63) is 57.6 Å². The van der Waals surface area contributed by atoms with Gasteiger partial charge in [0.2, 0.25) is 0 Å². The zero-order valence-electron chi connectivity index (χ0n) is 10.8. The summed E-state index contributed by atoms with van der Waals surface area (Å²) in [5.41, 5.74) is 8.53. The molecule has 3 nitrogen and oxygen atoms in total. The summed E-state index contributed by atoms with van der Waals surface area (Å²) in [5, 5.41) is 7.59. The van der Waals surface area contributed by atoms with E-state index in [1.807, 2.05) is 31.2 Å². The van der Waals surface area contributed by atoms with Crippen LogP contribution in [0.2, 0.25) is 0 Å². The standard InChI is InChI=1S/C15H15BrN2O/c1-9-3-5-12(7-10(9)2)19-14-6-4-11(16)8-13(14)15(17)18/h3-8H,1-2H3,(H3,17,18). The SMILES string of the molecule is Cc1ccc(Oc2ccc(Br)cc2C(=N)N)cc1C. The van der Waals surface area contributed by atoms with Crippen LogP contribution in [0.5, 0.6) is 11.5 Å². The topological polar surface area (TPSA) is 59.1 Å². The first kappa shape index (κ1) is 13.6. The minimum absolute atomic E-state index is 0.0138. The Balaban J connectivity index is 2.37. The van der Waals surface area contributed by atoms with E-state index in [1.165, 1.54) is 11.1 Å². The number of amidine groups is 1. The lowest BCUT2D eigenvalue weighted by molar-refractivity contribution is 0.481. The van der Waals surface area contributed by atoms with Gasteiger partial charge in [-0.1, -0.05) is 22.0 Å². The molecule has 0 saturated heterocycles. The Kier molecular flexibility index (Phi) is 3.90. The van der Waals surface area contributed by atoms with Crippen LogP contribution in [0.15, 0.2) is 40.9 Å². The van der Waals surface area contributed by atoms with E-state index in [0.29, 0.717) is 11.3 Å². The monoisotopic (exact) mass is 318 g/mol. The maximum absolute atomic E-state index is 7.59. The van der Waals surface area contributed by atoms with Gasteiger partial charge in [-0.15, -0.1) is 0 Å². The number of benzene rings is 2. The number of nitrogens with two attached hydrogens (primary N) is 1. The van der Waals surface area contributed by atoms with Gasteiger partial charge in [0.05, 0.1) is 5.56 Å². The summed E-state index contributed by atoms with van der Waals surface area (Å²) in [5.74, 6) is 1.31. The predicted octanol–water partition coefficient (Wildman–Crippen LogP) is 4.14. The number of hydrogen-bond donors (Lipinski definition) is 2. The van der Waals surface area contributed by atoms with Gasteiger partial charge >= 0.3 is 0 Å². The van der Waals surface area contributed by atoms with E-state index >= 15 is 0 Å². The third kappa shape index (κ3) is 3.15. The molecular weight excluding hydrogens is 304 g/mol. The maximum atomic E-state index is 7.59. The molecule has 0 saturated carbocycles. The Labute approximate surface area is 121 Å². The molecule has 0 heterocycles. The number of nitrogen functional groups attached to an aromatic ring is 1. The quantitative estimate of drug-likeness (QED) is 0.660. The fourth-order valence-electron chi connectivity index (χ4n) is 1.71. The second-order valence-corrected chi connectivity index (χ2v) is 5.32. The first-order valence-corrected chi connectivity index (χ1v) is 6.65. The van der Waals surface area contributed by atoms with Crippen molar-refractivity contribution in [1.29, 1.82) is 5.41 Å². The van der Waals surface area contributed by atoms with Crippen LogP contribution in [-0.4, -0.2) is 5.84 Å². The minimum atomic E-state index is -0.0138. The average molecular weight is 319 g/mol. The molecule has 98 valence electrons. The lowest BCUT2D eigenvalue weighted by atomic mass is 10.1. The molecule has 0 bridgehead atoms. The summed E-state index contributed by atoms with van der Waals surface area (Å²) >= 11 is 3.36. The second kappa shape index (κ2) is 5.45. The first-order valence-electron chi connectivity index (χ1n) is 5.86. The summed E-state index contributed by atoms with van der Waals surface area (Å²) in [6, 6.07) is 11.3. The Hall–Kier alpha value is -1.81. The van der Waals surface area contributed by atoms with Crippen molar-refractivity contribution in [3.63, 3.8) is 0 Å². The van der Waals surface area contributed by atoms with Crippen LogP contribution in [0.25, 0.3) is 0 Å². The van der Waals surface area contributed by atoms with Gasteiger partial charge in [0.1, 0.15) is 17.3 Å². The van der Waals surface area contributed by atoms with E-state index < -0.39 is 0 Å². The number of ether oxygens (including phenoxy) is 1. The highest BCUT2D eigenvalue weighted by Crippen LogP contribution is 2.28. The van der Waals surface area contributed by atoms with Gasteiger partial charge in [-0.25, -0.2) is 0 Å². The number of aryl methyl sites for hydroxylation is 2. The summed E-state index contributed by atoms with van der Waals surface area (Å²) < 4.78 is 6.69. The van der Waals surface area contributed by atoms with Crippen molar-refractivity contribution in [2.75, 3.05) is 0 Å². The fourth-order valence-corrected chi connectivity index (χ4v) is 2.07. The summed E-state index contributed by atoms with van der Waals surface area (Å²) in [4.78, 5) is 0. The molecule has 0 spiro atoms. The molecule has 2 aromatic rings. The van der Waals surface area contributed by atoms with E-state index in [2.05, 4.69) is 22.9 Å². The summed E-state index contributed by atoms with van der Waals surface area (Å²) in [6.07, 6.45) is 0. The van der Waals surface area contributed by atoms with Crippen molar-refractivity contribution in [2.45, 2.75) is 13.8 Å². The smallest absolute Gasteiger partial charge is 0.138 e. The molecule has 2 rings (SSSR count). The van der Waals surface area contributed by atoms with Gasteiger partial charge in [0.25, 0.3) is 0 Å². The highest BCUT2D eigenvalue weighted by Gasteiger charge is 2.09. The molecule has 0 unspecified atom stereocenters. The number of rotatable bonds is 3. The molecule has 2 aromatic carbocycles. The molecule has 0 aliphatic heterocycles. The molecule has 4 heteroatoms. The number of hydrogen-bond acceptors (Lipinski definition) is 2. The lowest BCUT2D eigenvalue weighted by Gasteiger charge is -2.12. The van der Waals surface area contributed by atoms with E-state index in [4.69, 9.17) is 15.9 Å². The molecule has 19 heavy (non-hydrogen) atoms. The summed E-state index contributed by atoms with van der Waals surface area (Å²) in [6.45, 7) is 4.09. The Morgan fingerprint density at radius 3 is 2.47 bits per heavy atom. The third-order valence-electron chi connectivity index (χ3n) is 2.94. The van der Waals surface area contributed by atoms with E-state index in [9.17, 15) is 0 Å². The maximum Gasteiger partial charge on any atom is 0.138 e. The molecule has 3 N–H and O–H groups in total. The minimum Gasteiger partial charge on any atom is -0.457 e. The molecular formula is C15H15BrN2O. The molecule has 0 aliphatic rings. The van der Waals surface area contributed by atoms with Crippen LogP contribution in [0.1, 0.15) is 16.7 Å². The molecule has 0 atom stereocenters. The van der Waals surface area contributed by atoms with Crippen LogP contribution in [-0.2, 0) is 0 Å². The van der Waals surface area contributed by atoms with E-state index in [1.54, 1.807) is 12.1 Å². The van der Waals surface area contributed by atoms with Crippen LogP contribution in [0.4, 0.5) is 0 Å². The Bertz CT molecular complexity index is 638. The zero-order valence-corrected chi connectivity index (χ0v) is 12.4. The van der Waals surface area contributed by atoms with Crippen LogP contribution in [0, 0.1) is 19.3 Å². The van der Waals surface area contributed by atoms with Crippen LogP contribution >= 0.6 is 15.9 Å². The molecule has 0 aliphatic carbocycles. The van der Waals surface area contributed by atoms with Gasteiger partial charge in [-0.3, -0.25) is 5.41 Å². The van der Waals surface area contributed by atoms with Crippen LogP contribution in [0.3, 0.4) is 0 Å². The molecule has 0 radical (unpaired) electrons. The average Bonchev–Trinajstić information content (AvgIpc) is 2.36. The van der Waals surface area contributed by atoms with Crippen molar-refractivity contribution in [2.24, 2.45) is 5.73 Å². The fraction of sp³-hybridized carbons (Fsp3) is 0.133. The van der Waals surface area contributed by atoms with Gasteiger partial charge in [-0.2, -0.15) is 0 Å². The lowest BCUT2D eigenvalue weighted by Crippen LogP contribution is -2.12. The van der Waals surface area contributed by atoms with Gasteiger partial charge in [0, 0.05) is 4.47 Å². The van der Waals surface area contributed by atoms with E-state index in [-0.39, 0.29) is 5.84 Å². The third-order valence-corrected chi connectivity index (χ3v) is 3.43. The zero-order chi connectivity index (χ0) is 14.0. The first-order chi connectivity index (χ1) is 8.97. The van der Waals surface area contributed by atoms with Crippen molar-refractivity contribution in [1.82, 2.24) is 0 Å². The van der Waals surface area contributed by atoms with Gasteiger partial charge in [0.15, 0.2) is 0 Å². The number of halogens is 1. The highest BCUT2D eigenvalue weighted by molar-refractivity contribution is 9.10. The largest absolute Gasteiger partial charge is 0.457 e.